The predicted octanol–water partition coefficient (Wildman–Crippen LogP) is 2.99. The van der Waals surface area contributed by atoms with E-state index in [1.54, 1.807) is 13.1 Å². The quantitative estimate of drug-likeness (QED) is 0.297. The molecule has 0 spiro atoms. The number of benzene rings is 2. The first-order valence-corrected chi connectivity index (χ1v) is 11.3. The van der Waals surface area contributed by atoms with E-state index in [4.69, 9.17) is 16.0 Å². The zero-order valence-electron chi connectivity index (χ0n) is 19.5. The zero-order chi connectivity index (χ0) is 24.7. The molecular weight excluding hydrogens is 433 g/mol. The van der Waals surface area contributed by atoms with E-state index in [-0.39, 0.29) is 18.2 Å². The Morgan fingerprint density at radius 1 is 1.26 bits per heavy atom. The van der Waals surface area contributed by atoms with Gasteiger partial charge in [-0.15, -0.1) is 0 Å². The van der Waals surface area contributed by atoms with Crippen molar-refractivity contribution in [2.75, 3.05) is 26.7 Å². The highest BCUT2D eigenvalue weighted by atomic mass is 19.1. The van der Waals surface area contributed by atoms with Crippen molar-refractivity contribution in [1.29, 1.82) is 5.26 Å². The van der Waals surface area contributed by atoms with Gasteiger partial charge in [0.15, 0.2) is 0 Å². The molecule has 1 saturated heterocycles. The number of nitriles is 1. The maximum atomic E-state index is 14.6. The Hall–Kier alpha value is -3.54. The first kappa shape index (κ1) is 25.1. The normalized spacial score (nSPS) is 15.5. The van der Waals surface area contributed by atoms with Gasteiger partial charge in [-0.05, 0) is 55.0 Å². The van der Waals surface area contributed by atoms with Crippen molar-refractivity contribution in [3.05, 3.63) is 70.5 Å². The number of halogens is 1. The Balaban J connectivity index is 2.16. The summed E-state index contributed by atoms with van der Waals surface area (Å²) >= 11 is 0. The molecule has 0 atom stereocenters. The number of aliphatic hydroxyl groups excluding tert-OH is 1. The SMILES string of the molecule is C/C(=C(\N=C(N(C)C=O)N1CCC(N)CC1)c1ccc(C#N)c(F)c1)c1ccc(CCO)cc1. The predicted molar refractivity (Wildman–Crippen MR) is 131 cm³/mol. The summed E-state index contributed by atoms with van der Waals surface area (Å²) in [6.45, 7) is 3.26. The Kier molecular flexibility index (Phi) is 8.52. The average Bonchev–Trinajstić information content (AvgIpc) is 2.85. The number of hydrogen-bond acceptors (Lipinski definition) is 5. The van der Waals surface area contributed by atoms with Gasteiger partial charge in [0.25, 0.3) is 0 Å². The van der Waals surface area contributed by atoms with E-state index >= 15 is 0 Å². The minimum atomic E-state index is -0.631. The highest BCUT2D eigenvalue weighted by Gasteiger charge is 2.23. The van der Waals surface area contributed by atoms with Crippen molar-refractivity contribution in [1.82, 2.24) is 9.80 Å². The number of nitrogens with two attached hydrogens (primary N) is 1. The van der Waals surface area contributed by atoms with Crippen molar-refractivity contribution in [2.24, 2.45) is 10.7 Å². The molecule has 2 aromatic rings. The molecule has 1 aliphatic heterocycles. The molecule has 34 heavy (non-hydrogen) atoms. The largest absolute Gasteiger partial charge is 0.396 e. The Morgan fingerprint density at radius 2 is 1.91 bits per heavy atom. The Bertz CT molecular complexity index is 1110. The zero-order valence-corrected chi connectivity index (χ0v) is 19.5. The highest BCUT2D eigenvalue weighted by Crippen LogP contribution is 2.30. The summed E-state index contributed by atoms with van der Waals surface area (Å²) in [6.07, 6.45) is 2.81. The molecule has 7 nitrogen and oxygen atoms in total. The molecule has 1 heterocycles. The van der Waals surface area contributed by atoms with E-state index in [0.29, 0.717) is 43.1 Å². The first-order chi connectivity index (χ1) is 16.4. The molecule has 0 radical (unpaired) electrons. The van der Waals surface area contributed by atoms with Crippen LogP contribution in [0, 0.1) is 17.1 Å². The van der Waals surface area contributed by atoms with Crippen LogP contribution in [0.15, 0.2) is 47.5 Å². The van der Waals surface area contributed by atoms with Gasteiger partial charge in [0, 0.05) is 38.3 Å². The van der Waals surface area contributed by atoms with Crippen LogP contribution in [-0.4, -0.2) is 60.1 Å². The molecule has 3 N–H and O–H groups in total. The van der Waals surface area contributed by atoms with E-state index in [1.807, 2.05) is 42.2 Å². The van der Waals surface area contributed by atoms with Gasteiger partial charge in [0.2, 0.25) is 12.4 Å². The lowest BCUT2D eigenvalue weighted by atomic mass is 9.98. The minimum absolute atomic E-state index is 0.0478. The number of amides is 1. The number of hydrogen-bond donors (Lipinski definition) is 2. The topological polar surface area (TPSA) is 106 Å². The number of carbonyl (C=O) groups is 1. The average molecular weight is 464 g/mol. The molecule has 8 heteroatoms. The van der Waals surface area contributed by atoms with Crippen LogP contribution in [0.1, 0.15) is 42.0 Å². The molecular formula is C26H30FN5O2. The summed E-state index contributed by atoms with van der Waals surface area (Å²) in [7, 11) is 1.64. The second kappa shape index (κ2) is 11.5. The lowest BCUT2D eigenvalue weighted by Crippen LogP contribution is -2.48. The second-order valence-electron chi connectivity index (χ2n) is 8.40. The van der Waals surface area contributed by atoms with Gasteiger partial charge in [-0.25, -0.2) is 9.38 Å². The summed E-state index contributed by atoms with van der Waals surface area (Å²) in [5.41, 5.74) is 9.66. The number of aliphatic hydroxyl groups is 1. The maximum absolute atomic E-state index is 14.6. The summed E-state index contributed by atoms with van der Waals surface area (Å²) in [4.78, 5) is 20.0. The smallest absolute Gasteiger partial charge is 0.216 e. The minimum Gasteiger partial charge on any atom is -0.396 e. The molecule has 0 bridgehead atoms. The fourth-order valence-electron chi connectivity index (χ4n) is 3.92. The van der Waals surface area contributed by atoms with E-state index in [1.165, 1.54) is 17.0 Å². The van der Waals surface area contributed by atoms with Crippen LogP contribution in [0.3, 0.4) is 0 Å². The molecule has 0 aromatic heterocycles. The van der Waals surface area contributed by atoms with Gasteiger partial charge in [-0.2, -0.15) is 5.26 Å². The van der Waals surface area contributed by atoms with E-state index in [2.05, 4.69) is 0 Å². The molecule has 1 fully saturated rings. The number of aliphatic imine (C=N–C) groups is 1. The fraction of sp³-hybridized carbons (Fsp3) is 0.346. The summed E-state index contributed by atoms with van der Waals surface area (Å²) in [5.74, 6) is -0.175. The van der Waals surface area contributed by atoms with E-state index in [9.17, 15) is 14.3 Å². The third-order valence-corrected chi connectivity index (χ3v) is 6.01. The van der Waals surface area contributed by atoms with Crippen LogP contribution in [0.25, 0.3) is 11.3 Å². The van der Waals surface area contributed by atoms with E-state index < -0.39 is 5.82 Å². The molecule has 1 aliphatic rings. The lowest BCUT2D eigenvalue weighted by Gasteiger charge is -2.34. The maximum Gasteiger partial charge on any atom is 0.216 e. The number of guanidine groups is 1. The number of rotatable bonds is 6. The van der Waals surface area contributed by atoms with Crippen molar-refractivity contribution < 1.29 is 14.3 Å². The Morgan fingerprint density at radius 3 is 2.47 bits per heavy atom. The van der Waals surface area contributed by atoms with Crippen LogP contribution < -0.4 is 5.73 Å². The van der Waals surface area contributed by atoms with Crippen LogP contribution in [0.2, 0.25) is 0 Å². The molecule has 0 unspecified atom stereocenters. The third-order valence-electron chi connectivity index (χ3n) is 6.01. The van der Waals surface area contributed by atoms with Gasteiger partial charge in [-0.1, -0.05) is 30.3 Å². The standard InChI is InChI=1S/C26H30FN5O2/c1-18(20-5-3-19(4-6-20)11-14-33)25(21-7-8-22(16-28)24(27)15-21)30-26(31(2)17-34)32-12-9-23(29)10-13-32/h3-8,15,17,23,33H,9-14,29H2,1-2H3/b25-18+,30-26?. The second-order valence-corrected chi connectivity index (χ2v) is 8.40. The van der Waals surface area contributed by atoms with Crippen molar-refractivity contribution in [3.63, 3.8) is 0 Å². The van der Waals surface area contributed by atoms with Crippen molar-refractivity contribution in [2.45, 2.75) is 32.2 Å². The van der Waals surface area contributed by atoms with Crippen LogP contribution in [-0.2, 0) is 11.2 Å². The first-order valence-electron chi connectivity index (χ1n) is 11.3. The third kappa shape index (κ3) is 5.87. The molecule has 0 saturated carbocycles. The van der Waals surface area contributed by atoms with E-state index in [0.717, 1.165) is 29.5 Å². The van der Waals surface area contributed by atoms with Crippen LogP contribution >= 0.6 is 0 Å². The van der Waals surface area contributed by atoms with Crippen LogP contribution in [0.4, 0.5) is 4.39 Å². The van der Waals surface area contributed by atoms with Gasteiger partial charge in [-0.3, -0.25) is 9.69 Å². The van der Waals surface area contributed by atoms with Gasteiger partial charge >= 0.3 is 0 Å². The number of likely N-dealkylation sites (tertiary alicyclic amines) is 1. The molecule has 2 aromatic carbocycles. The number of carbonyl (C=O) groups excluding carboxylic acids is 1. The number of nitrogens with zero attached hydrogens (tertiary/aromatic N) is 4. The highest BCUT2D eigenvalue weighted by molar-refractivity contribution is 5.98. The number of piperidine rings is 1. The van der Waals surface area contributed by atoms with Gasteiger partial charge in [0.05, 0.1) is 11.3 Å². The Labute approximate surface area is 199 Å². The summed E-state index contributed by atoms with van der Waals surface area (Å²) in [6, 6.07) is 14.1. The molecule has 178 valence electrons. The van der Waals surface area contributed by atoms with Gasteiger partial charge in [0.1, 0.15) is 11.9 Å². The lowest BCUT2D eigenvalue weighted by molar-refractivity contribution is -0.114. The fourth-order valence-corrected chi connectivity index (χ4v) is 3.92. The van der Waals surface area contributed by atoms with Crippen molar-refractivity contribution in [3.8, 4) is 6.07 Å². The summed E-state index contributed by atoms with van der Waals surface area (Å²) < 4.78 is 14.6. The monoisotopic (exact) mass is 463 g/mol. The van der Waals surface area contributed by atoms with Gasteiger partial charge < -0.3 is 15.7 Å². The number of allylic oxidation sites excluding steroid dienone is 1. The van der Waals surface area contributed by atoms with Crippen LogP contribution in [0.5, 0.6) is 0 Å². The molecule has 0 aliphatic carbocycles. The molecule has 1 amide bonds. The summed E-state index contributed by atoms with van der Waals surface area (Å²) in [5, 5.41) is 18.3. The van der Waals surface area contributed by atoms with Crippen molar-refractivity contribution >= 4 is 23.6 Å². The molecule has 3 rings (SSSR count).